The van der Waals surface area contributed by atoms with Crippen molar-refractivity contribution in [2.24, 2.45) is 5.92 Å². The molecule has 1 saturated heterocycles. The van der Waals surface area contributed by atoms with Gasteiger partial charge >= 0.3 is 0 Å². The first-order valence-electron chi connectivity index (χ1n) is 14.1. The van der Waals surface area contributed by atoms with E-state index in [1.807, 2.05) is 36.4 Å². The minimum Gasteiger partial charge on any atom is -0.353 e. The van der Waals surface area contributed by atoms with Gasteiger partial charge < -0.3 is 15.6 Å². The van der Waals surface area contributed by atoms with Crippen molar-refractivity contribution in [1.82, 2.24) is 30.5 Å². The molecule has 9 nitrogen and oxygen atoms in total. The maximum atomic E-state index is 12.7. The number of carbonyl (C=O) groups excluding carboxylic acids is 2. The predicted octanol–water partition coefficient (Wildman–Crippen LogP) is 6.43. The van der Waals surface area contributed by atoms with Crippen molar-refractivity contribution in [3.8, 4) is 33.1 Å². The van der Waals surface area contributed by atoms with Crippen LogP contribution in [0.15, 0.2) is 67.1 Å². The Labute approximate surface area is 245 Å². The van der Waals surface area contributed by atoms with E-state index < -0.39 is 0 Å². The van der Waals surface area contributed by atoms with Gasteiger partial charge in [0.1, 0.15) is 5.69 Å². The molecule has 42 heavy (non-hydrogen) atoms. The number of amides is 1. The van der Waals surface area contributed by atoms with Crippen LogP contribution in [0, 0.1) is 5.92 Å². The number of ketones is 1. The summed E-state index contributed by atoms with van der Waals surface area (Å²) in [5.74, 6) is 0.496. The van der Waals surface area contributed by atoms with E-state index in [2.05, 4.69) is 47.9 Å². The molecule has 0 spiro atoms. The number of fused-ring (bicyclic) bond motifs is 2. The summed E-state index contributed by atoms with van der Waals surface area (Å²) < 4.78 is 0. The van der Waals surface area contributed by atoms with Crippen LogP contribution in [0.1, 0.15) is 35.9 Å². The molecule has 6 aromatic rings. The molecule has 0 radical (unpaired) electrons. The summed E-state index contributed by atoms with van der Waals surface area (Å²) >= 11 is 1.50. The number of hydrogen-bond donors (Lipinski definition) is 4. The molecule has 1 fully saturated rings. The summed E-state index contributed by atoms with van der Waals surface area (Å²) in [5, 5.41) is 16.1. The van der Waals surface area contributed by atoms with Crippen LogP contribution >= 0.6 is 11.3 Å². The molecule has 1 aliphatic heterocycles. The molecule has 0 unspecified atom stereocenters. The van der Waals surface area contributed by atoms with Gasteiger partial charge in [-0.1, -0.05) is 12.1 Å². The number of pyridine rings is 2. The Morgan fingerprint density at radius 1 is 1.00 bits per heavy atom. The molecule has 0 saturated carbocycles. The molecule has 1 aliphatic rings. The number of nitrogens with zero attached hydrogens (tertiary/aromatic N) is 3. The zero-order chi connectivity index (χ0) is 28.6. The van der Waals surface area contributed by atoms with Gasteiger partial charge in [-0.2, -0.15) is 5.10 Å². The summed E-state index contributed by atoms with van der Waals surface area (Å²) in [6.45, 7) is 3.53. The minimum atomic E-state index is 0.0135. The van der Waals surface area contributed by atoms with Crippen molar-refractivity contribution in [2.75, 3.05) is 18.4 Å². The number of aromatic amines is 2. The molecule has 0 atom stereocenters. The Kier molecular flexibility index (Phi) is 6.85. The Morgan fingerprint density at radius 3 is 2.71 bits per heavy atom. The highest BCUT2D eigenvalue weighted by atomic mass is 32.1. The van der Waals surface area contributed by atoms with E-state index in [9.17, 15) is 9.59 Å². The van der Waals surface area contributed by atoms with Gasteiger partial charge in [0.05, 0.1) is 39.9 Å². The van der Waals surface area contributed by atoms with Crippen LogP contribution in [-0.4, -0.2) is 49.9 Å². The number of benzene rings is 1. The molecule has 4 N–H and O–H groups in total. The first-order valence-corrected chi connectivity index (χ1v) is 14.9. The van der Waals surface area contributed by atoms with Gasteiger partial charge in [-0.05, 0) is 75.2 Å². The third-order valence-electron chi connectivity index (χ3n) is 7.84. The van der Waals surface area contributed by atoms with Gasteiger partial charge in [-0.25, -0.2) is 0 Å². The van der Waals surface area contributed by atoms with Gasteiger partial charge in [0.15, 0.2) is 5.78 Å². The van der Waals surface area contributed by atoms with Gasteiger partial charge in [0, 0.05) is 44.9 Å². The maximum absolute atomic E-state index is 12.7. The number of Topliss-reactive ketones (excluding diaryl/α,β-unsaturated/α-hetero) is 1. The lowest BCUT2D eigenvalue weighted by atomic mass is 9.94. The fourth-order valence-electron chi connectivity index (χ4n) is 5.66. The third kappa shape index (κ3) is 5.10. The van der Waals surface area contributed by atoms with Crippen molar-refractivity contribution < 1.29 is 9.59 Å². The van der Waals surface area contributed by atoms with Crippen molar-refractivity contribution >= 4 is 50.5 Å². The molecule has 7 rings (SSSR count). The van der Waals surface area contributed by atoms with E-state index in [1.165, 1.54) is 11.3 Å². The summed E-state index contributed by atoms with van der Waals surface area (Å²) in [6, 6.07) is 16.0. The number of nitrogens with one attached hydrogen (secondary N) is 4. The molecule has 0 aliphatic carbocycles. The minimum absolute atomic E-state index is 0.0135. The number of thiophene rings is 1. The van der Waals surface area contributed by atoms with Gasteiger partial charge in [0.25, 0.3) is 0 Å². The number of hydrogen-bond acceptors (Lipinski definition) is 7. The van der Waals surface area contributed by atoms with Gasteiger partial charge in [0.2, 0.25) is 5.91 Å². The van der Waals surface area contributed by atoms with Crippen molar-refractivity contribution in [3.63, 3.8) is 0 Å². The van der Waals surface area contributed by atoms with E-state index in [4.69, 9.17) is 0 Å². The highest BCUT2D eigenvalue weighted by Crippen LogP contribution is 2.37. The molecule has 5 aromatic heterocycles. The first-order chi connectivity index (χ1) is 20.5. The Morgan fingerprint density at radius 2 is 1.88 bits per heavy atom. The zero-order valence-corrected chi connectivity index (χ0v) is 23.8. The topological polar surface area (TPSA) is 128 Å². The Bertz CT molecular complexity index is 1950. The number of carbonyl (C=O) groups is 2. The van der Waals surface area contributed by atoms with Crippen molar-refractivity contribution in [2.45, 2.75) is 26.2 Å². The lowest BCUT2D eigenvalue weighted by molar-refractivity contribution is -0.117. The van der Waals surface area contributed by atoms with Crippen LogP contribution in [0.3, 0.4) is 0 Å². The normalized spacial score (nSPS) is 14.0. The molecule has 1 amide bonds. The second-order valence-corrected chi connectivity index (χ2v) is 11.8. The molecule has 10 heteroatoms. The number of anilines is 1. The summed E-state index contributed by atoms with van der Waals surface area (Å²) in [6.07, 6.45) is 7.75. The first kappa shape index (κ1) is 26.2. The molecule has 6 heterocycles. The summed E-state index contributed by atoms with van der Waals surface area (Å²) in [5.41, 5.74) is 6.73. The lowest BCUT2D eigenvalue weighted by Crippen LogP contribution is -2.30. The van der Waals surface area contributed by atoms with Gasteiger partial charge in [-0.3, -0.25) is 24.7 Å². The lowest BCUT2D eigenvalue weighted by Gasteiger charge is -2.21. The van der Waals surface area contributed by atoms with Crippen LogP contribution < -0.4 is 10.6 Å². The quantitative estimate of drug-likeness (QED) is 0.163. The summed E-state index contributed by atoms with van der Waals surface area (Å²) in [7, 11) is 0. The van der Waals surface area contributed by atoms with Crippen LogP contribution in [0.4, 0.5) is 5.69 Å². The fraction of sp³-hybridized carbons (Fsp3) is 0.219. The fourth-order valence-corrected chi connectivity index (χ4v) is 6.60. The van der Waals surface area contributed by atoms with E-state index >= 15 is 0 Å². The molecular weight excluding hydrogens is 546 g/mol. The molecule has 1 aromatic carbocycles. The zero-order valence-electron chi connectivity index (χ0n) is 23.0. The average Bonchev–Trinajstić information content (AvgIpc) is 3.75. The predicted molar refractivity (Wildman–Crippen MR) is 167 cm³/mol. The van der Waals surface area contributed by atoms with Gasteiger partial charge in [-0.15, -0.1) is 11.3 Å². The van der Waals surface area contributed by atoms with Crippen molar-refractivity contribution in [3.05, 3.63) is 72.0 Å². The van der Waals surface area contributed by atoms with Crippen molar-refractivity contribution in [1.29, 1.82) is 0 Å². The van der Waals surface area contributed by atoms with Crippen LogP contribution in [0.5, 0.6) is 0 Å². The second-order valence-electron chi connectivity index (χ2n) is 10.8. The number of rotatable bonds is 7. The highest BCUT2D eigenvalue weighted by Gasteiger charge is 2.18. The highest BCUT2D eigenvalue weighted by molar-refractivity contribution is 7.17. The molecular formula is C32H29N7O2S. The average molecular weight is 576 g/mol. The second kappa shape index (κ2) is 11.0. The Balaban J connectivity index is 1.19. The number of H-pyrrole nitrogens is 2. The molecule has 210 valence electrons. The molecule has 0 bridgehead atoms. The maximum Gasteiger partial charge on any atom is 0.224 e. The van der Waals surface area contributed by atoms with Crippen LogP contribution in [-0.2, 0) is 4.79 Å². The van der Waals surface area contributed by atoms with E-state index in [1.54, 1.807) is 25.5 Å². The SMILES string of the molecule is CC(=O)c1ccc(-c2cccc3[nH]c(-c4n[nH]c5cnc(-c6cncc(NC(=O)CC7CCNCC7)c6)cc45)cc23)s1. The number of aromatic nitrogens is 5. The monoisotopic (exact) mass is 575 g/mol. The van der Waals surface area contributed by atoms with E-state index in [0.29, 0.717) is 18.0 Å². The van der Waals surface area contributed by atoms with E-state index in [-0.39, 0.29) is 11.7 Å². The Hall–Kier alpha value is -4.67. The largest absolute Gasteiger partial charge is 0.353 e. The third-order valence-corrected chi connectivity index (χ3v) is 9.05. The smallest absolute Gasteiger partial charge is 0.224 e. The van der Waals surface area contributed by atoms with E-state index in [0.717, 1.165) is 85.7 Å². The number of piperidine rings is 1. The summed E-state index contributed by atoms with van der Waals surface area (Å²) in [4.78, 5) is 38.9. The standard InChI is InChI=1S/C32H29N7O2S/c1-18(40)29-5-6-30(42-29)22-3-2-4-25-23(22)13-27(37-25)32-24-14-26(35-17-28(24)38-39-32)20-12-21(16-34-15-20)36-31(41)11-19-7-9-33-10-8-19/h2-6,12-17,19,33,37H,7-11H2,1H3,(H,36,41)(H,38,39). The van der Waals surface area contributed by atoms with Crippen LogP contribution in [0.25, 0.3) is 54.9 Å². The van der Waals surface area contributed by atoms with Crippen LogP contribution in [0.2, 0.25) is 0 Å².